The first-order chi connectivity index (χ1) is 5.99. The Labute approximate surface area is 79.6 Å². The molecule has 1 heterocycles. The van der Waals surface area contributed by atoms with Gasteiger partial charge in [0.2, 0.25) is 0 Å². The van der Waals surface area contributed by atoms with Crippen LogP contribution in [0, 0.1) is 5.41 Å². The number of aromatic nitrogens is 1. The standard InChI is InChI=1S/C11H17NO/c1-11(2,3)8-10(13)9-6-4-5-7-12-9/h4-7,10,13H,8H2,1-3H3. The molecule has 0 amide bonds. The minimum Gasteiger partial charge on any atom is -0.387 e. The van der Waals surface area contributed by atoms with Gasteiger partial charge >= 0.3 is 0 Å². The second-order valence-electron chi connectivity index (χ2n) is 4.54. The maximum Gasteiger partial charge on any atom is 0.0964 e. The van der Waals surface area contributed by atoms with Crippen LogP contribution < -0.4 is 0 Å². The first-order valence-electron chi connectivity index (χ1n) is 4.58. The van der Waals surface area contributed by atoms with E-state index in [2.05, 4.69) is 25.8 Å². The van der Waals surface area contributed by atoms with Gasteiger partial charge in [-0.1, -0.05) is 26.8 Å². The summed E-state index contributed by atoms with van der Waals surface area (Å²) >= 11 is 0. The van der Waals surface area contributed by atoms with Crippen LogP contribution in [0.5, 0.6) is 0 Å². The maximum absolute atomic E-state index is 9.79. The van der Waals surface area contributed by atoms with Crippen molar-refractivity contribution in [3.63, 3.8) is 0 Å². The van der Waals surface area contributed by atoms with Crippen molar-refractivity contribution in [3.8, 4) is 0 Å². The number of pyridine rings is 1. The van der Waals surface area contributed by atoms with Gasteiger partial charge in [-0.3, -0.25) is 4.98 Å². The van der Waals surface area contributed by atoms with Crippen molar-refractivity contribution in [2.45, 2.75) is 33.3 Å². The van der Waals surface area contributed by atoms with E-state index in [0.717, 1.165) is 12.1 Å². The molecule has 1 unspecified atom stereocenters. The van der Waals surface area contributed by atoms with Crippen molar-refractivity contribution >= 4 is 0 Å². The fourth-order valence-electron chi connectivity index (χ4n) is 1.26. The molecule has 72 valence electrons. The van der Waals surface area contributed by atoms with Crippen LogP contribution >= 0.6 is 0 Å². The minimum absolute atomic E-state index is 0.136. The zero-order valence-corrected chi connectivity index (χ0v) is 8.49. The van der Waals surface area contributed by atoms with E-state index < -0.39 is 6.10 Å². The third-order valence-electron chi connectivity index (χ3n) is 1.83. The van der Waals surface area contributed by atoms with E-state index in [0.29, 0.717) is 0 Å². The van der Waals surface area contributed by atoms with Crippen LogP contribution in [-0.2, 0) is 0 Å². The molecule has 1 atom stereocenters. The number of aliphatic hydroxyl groups is 1. The molecule has 0 fully saturated rings. The lowest BCUT2D eigenvalue weighted by Gasteiger charge is -2.21. The highest BCUT2D eigenvalue weighted by molar-refractivity contribution is 5.06. The van der Waals surface area contributed by atoms with Crippen molar-refractivity contribution in [2.24, 2.45) is 5.41 Å². The fraction of sp³-hybridized carbons (Fsp3) is 0.545. The Morgan fingerprint density at radius 2 is 2.08 bits per heavy atom. The predicted molar refractivity (Wildman–Crippen MR) is 53.3 cm³/mol. The molecule has 1 aromatic heterocycles. The first-order valence-corrected chi connectivity index (χ1v) is 4.58. The number of aliphatic hydroxyl groups excluding tert-OH is 1. The third-order valence-corrected chi connectivity index (χ3v) is 1.83. The highest BCUT2D eigenvalue weighted by atomic mass is 16.3. The van der Waals surface area contributed by atoms with E-state index in [4.69, 9.17) is 0 Å². The average molecular weight is 179 g/mol. The molecule has 2 nitrogen and oxygen atoms in total. The molecule has 0 radical (unpaired) electrons. The minimum atomic E-state index is -0.443. The summed E-state index contributed by atoms with van der Waals surface area (Å²) in [7, 11) is 0. The molecule has 0 saturated carbocycles. The number of hydrogen-bond acceptors (Lipinski definition) is 2. The largest absolute Gasteiger partial charge is 0.387 e. The Bertz CT molecular complexity index is 251. The van der Waals surface area contributed by atoms with Gasteiger partial charge in [-0.05, 0) is 24.0 Å². The molecule has 0 bridgehead atoms. The van der Waals surface area contributed by atoms with Crippen LogP contribution in [0.3, 0.4) is 0 Å². The second-order valence-corrected chi connectivity index (χ2v) is 4.54. The molecule has 13 heavy (non-hydrogen) atoms. The molecule has 2 heteroatoms. The fourth-order valence-corrected chi connectivity index (χ4v) is 1.26. The lowest BCUT2D eigenvalue weighted by atomic mass is 9.88. The zero-order valence-electron chi connectivity index (χ0n) is 8.49. The van der Waals surface area contributed by atoms with Gasteiger partial charge in [-0.2, -0.15) is 0 Å². The summed E-state index contributed by atoms with van der Waals surface area (Å²) < 4.78 is 0. The summed E-state index contributed by atoms with van der Waals surface area (Å²) in [6, 6.07) is 5.61. The number of nitrogens with zero attached hydrogens (tertiary/aromatic N) is 1. The molecule has 1 N–H and O–H groups in total. The van der Waals surface area contributed by atoms with Gasteiger partial charge in [0.05, 0.1) is 11.8 Å². The summed E-state index contributed by atoms with van der Waals surface area (Å²) in [5, 5.41) is 9.79. The third kappa shape index (κ3) is 3.55. The molecule has 0 aliphatic carbocycles. The summed E-state index contributed by atoms with van der Waals surface area (Å²) in [5.74, 6) is 0. The van der Waals surface area contributed by atoms with E-state index in [1.807, 2.05) is 18.2 Å². The van der Waals surface area contributed by atoms with Crippen molar-refractivity contribution < 1.29 is 5.11 Å². The van der Waals surface area contributed by atoms with E-state index >= 15 is 0 Å². The normalized spacial score (nSPS) is 14.2. The van der Waals surface area contributed by atoms with Crippen LogP contribution in [-0.4, -0.2) is 10.1 Å². The van der Waals surface area contributed by atoms with E-state index in [1.165, 1.54) is 0 Å². The van der Waals surface area contributed by atoms with Crippen LogP contribution in [0.4, 0.5) is 0 Å². The topological polar surface area (TPSA) is 33.1 Å². The molecule has 1 aromatic rings. The summed E-state index contributed by atoms with van der Waals surface area (Å²) in [6.45, 7) is 6.33. The van der Waals surface area contributed by atoms with E-state index in [1.54, 1.807) is 6.20 Å². The van der Waals surface area contributed by atoms with Crippen LogP contribution in [0.15, 0.2) is 24.4 Å². The van der Waals surface area contributed by atoms with Crippen LogP contribution in [0.25, 0.3) is 0 Å². The Morgan fingerprint density at radius 1 is 1.38 bits per heavy atom. The van der Waals surface area contributed by atoms with Gasteiger partial charge in [-0.15, -0.1) is 0 Å². The van der Waals surface area contributed by atoms with Crippen molar-refractivity contribution in [2.75, 3.05) is 0 Å². The van der Waals surface area contributed by atoms with Gasteiger partial charge in [0, 0.05) is 6.20 Å². The SMILES string of the molecule is CC(C)(C)CC(O)c1ccccn1. The van der Waals surface area contributed by atoms with Gasteiger partial charge in [0.1, 0.15) is 0 Å². The molecule has 0 aliphatic heterocycles. The van der Waals surface area contributed by atoms with Gasteiger partial charge in [-0.25, -0.2) is 0 Å². The highest BCUT2D eigenvalue weighted by Crippen LogP contribution is 2.27. The number of hydrogen-bond donors (Lipinski definition) is 1. The number of rotatable bonds is 2. The smallest absolute Gasteiger partial charge is 0.0964 e. The van der Waals surface area contributed by atoms with E-state index in [9.17, 15) is 5.11 Å². The Balaban J connectivity index is 2.64. The van der Waals surface area contributed by atoms with Gasteiger partial charge < -0.3 is 5.11 Å². The lowest BCUT2D eigenvalue weighted by molar-refractivity contribution is 0.118. The van der Waals surface area contributed by atoms with Gasteiger partial charge in [0.15, 0.2) is 0 Å². The quantitative estimate of drug-likeness (QED) is 0.756. The van der Waals surface area contributed by atoms with Crippen molar-refractivity contribution in [3.05, 3.63) is 30.1 Å². The molecule has 1 rings (SSSR count). The molecule has 0 saturated heterocycles. The summed E-state index contributed by atoms with van der Waals surface area (Å²) in [6.07, 6.45) is 2.01. The average Bonchev–Trinajstić information content (AvgIpc) is 2.03. The predicted octanol–water partition coefficient (Wildman–Crippen LogP) is 2.55. The molecular formula is C11H17NO. The second kappa shape index (κ2) is 3.88. The monoisotopic (exact) mass is 179 g/mol. The first kappa shape index (κ1) is 10.2. The summed E-state index contributed by atoms with van der Waals surface area (Å²) in [5.41, 5.74) is 0.897. The maximum atomic E-state index is 9.79. The molecule has 0 aliphatic rings. The van der Waals surface area contributed by atoms with Crippen molar-refractivity contribution in [1.82, 2.24) is 4.98 Å². The molecule has 0 spiro atoms. The Morgan fingerprint density at radius 3 is 2.54 bits per heavy atom. The molecule has 0 aromatic carbocycles. The van der Waals surface area contributed by atoms with Crippen LogP contribution in [0.1, 0.15) is 39.0 Å². The van der Waals surface area contributed by atoms with E-state index in [-0.39, 0.29) is 5.41 Å². The van der Waals surface area contributed by atoms with Crippen LogP contribution in [0.2, 0.25) is 0 Å². The Hall–Kier alpha value is -0.890. The Kier molecular flexibility index (Phi) is 3.04. The van der Waals surface area contributed by atoms with Gasteiger partial charge in [0.25, 0.3) is 0 Å². The highest BCUT2D eigenvalue weighted by Gasteiger charge is 2.18. The van der Waals surface area contributed by atoms with Crippen molar-refractivity contribution in [1.29, 1.82) is 0 Å². The summed E-state index contributed by atoms with van der Waals surface area (Å²) in [4.78, 5) is 4.11. The molecular weight excluding hydrogens is 162 g/mol. The zero-order chi connectivity index (χ0) is 9.90. The lowest BCUT2D eigenvalue weighted by Crippen LogP contribution is -2.12.